The smallest absolute Gasteiger partial charge is 0.0959 e. The van der Waals surface area contributed by atoms with Gasteiger partial charge in [-0.05, 0) is 24.1 Å². The molecular weight excluding hydrogens is 312 g/mol. The summed E-state index contributed by atoms with van der Waals surface area (Å²) in [6.07, 6.45) is 3.01. The van der Waals surface area contributed by atoms with Crippen molar-refractivity contribution in [1.82, 2.24) is 9.55 Å². The molecule has 2 aromatic carbocycles. The number of hydrogen-bond donors (Lipinski definition) is 2. The van der Waals surface area contributed by atoms with Crippen LogP contribution in [-0.2, 0) is 6.54 Å². The van der Waals surface area contributed by atoms with E-state index in [0.717, 1.165) is 28.1 Å². The normalized spacial score (nSPS) is 13.0. The van der Waals surface area contributed by atoms with Crippen LogP contribution in [0.3, 0.4) is 0 Å². The highest BCUT2D eigenvalue weighted by atomic mass is 16.3. The first-order valence-electron chi connectivity index (χ1n) is 8.32. The summed E-state index contributed by atoms with van der Waals surface area (Å²) in [4.78, 5) is 4.57. The summed E-state index contributed by atoms with van der Waals surface area (Å²) in [5.41, 5.74) is 5.00. The maximum Gasteiger partial charge on any atom is 0.0959 e. The van der Waals surface area contributed by atoms with Gasteiger partial charge < -0.3 is 14.8 Å². The zero-order chi connectivity index (χ0) is 17.6. The Morgan fingerprint density at radius 2 is 1.72 bits per heavy atom. The molecule has 1 aromatic heterocycles. The van der Waals surface area contributed by atoms with E-state index in [9.17, 15) is 10.2 Å². The molecule has 4 heteroatoms. The van der Waals surface area contributed by atoms with Gasteiger partial charge in [-0.1, -0.05) is 60.7 Å². The van der Waals surface area contributed by atoms with E-state index in [4.69, 9.17) is 0 Å². The lowest BCUT2D eigenvalue weighted by Crippen LogP contribution is -2.20. The quantitative estimate of drug-likeness (QED) is 0.726. The van der Waals surface area contributed by atoms with Gasteiger partial charge in [0.05, 0.1) is 37.0 Å². The second kappa shape index (κ2) is 7.92. The predicted molar refractivity (Wildman–Crippen MR) is 101 cm³/mol. The Balaban J connectivity index is 2.07. The highest BCUT2D eigenvalue weighted by Crippen LogP contribution is 2.29. The fraction of sp³-hybridized carbons (Fsp3) is 0.190. The average molecular weight is 334 g/mol. The minimum atomic E-state index is -0.818. The van der Waals surface area contributed by atoms with Gasteiger partial charge in [0.2, 0.25) is 0 Å². The predicted octanol–water partition coefficient (Wildman–Crippen LogP) is 3.46. The van der Waals surface area contributed by atoms with Crippen molar-refractivity contribution in [2.45, 2.75) is 19.6 Å². The topological polar surface area (TPSA) is 58.3 Å². The van der Waals surface area contributed by atoms with Crippen LogP contribution in [0.15, 0.2) is 67.0 Å². The van der Waals surface area contributed by atoms with E-state index in [1.807, 2.05) is 60.0 Å². The Hall–Kier alpha value is -2.69. The van der Waals surface area contributed by atoms with E-state index in [1.165, 1.54) is 0 Å². The molecule has 0 bridgehead atoms. The zero-order valence-corrected chi connectivity index (χ0v) is 14.2. The Labute approximate surface area is 147 Å². The minimum Gasteiger partial charge on any atom is -0.394 e. The lowest BCUT2D eigenvalue weighted by atomic mass is 10.0. The summed E-state index contributed by atoms with van der Waals surface area (Å²) < 4.78 is 1.90. The van der Waals surface area contributed by atoms with Crippen LogP contribution in [-0.4, -0.2) is 32.5 Å². The number of rotatable bonds is 6. The average Bonchev–Trinajstić information content (AvgIpc) is 3.06. The van der Waals surface area contributed by atoms with Crippen molar-refractivity contribution in [1.29, 1.82) is 0 Å². The fourth-order valence-corrected chi connectivity index (χ4v) is 2.89. The number of hydrogen-bond acceptors (Lipinski definition) is 3. The molecule has 3 aromatic rings. The number of benzene rings is 2. The molecule has 0 fully saturated rings. The van der Waals surface area contributed by atoms with Crippen molar-refractivity contribution in [2.75, 3.05) is 6.61 Å². The lowest BCUT2D eigenvalue weighted by Gasteiger charge is -2.14. The van der Waals surface area contributed by atoms with Crippen LogP contribution in [0.5, 0.6) is 0 Å². The van der Waals surface area contributed by atoms with Crippen LogP contribution in [0.2, 0.25) is 0 Å². The van der Waals surface area contributed by atoms with Crippen LogP contribution in [0, 0.1) is 0 Å². The van der Waals surface area contributed by atoms with Crippen LogP contribution in [0.25, 0.3) is 22.9 Å². The number of aromatic nitrogens is 2. The molecule has 1 heterocycles. The van der Waals surface area contributed by atoms with Gasteiger partial charge in [0.15, 0.2) is 0 Å². The van der Waals surface area contributed by atoms with E-state index >= 15 is 0 Å². The maximum atomic E-state index is 9.87. The van der Waals surface area contributed by atoms with Gasteiger partial charge in [0, 0.05) is 5.56 Å². The van der Waals surface area contributed by atoms with Crippen molar-refractivity contribution in [2.24, 2.45) is 0 Å². The first-order chi connectivity index (χ1) is 12.2. The maximum absolute atomic E-state index is 9.87. The Morgan fingerprint density at radius 3 is 2.36 bits per heavy atom. The molecule has 0 aliphatic heterocycles. The summed E-state index contributed by atoms with van der Waals surface area (Å²) in [5.74, 6) is 0. The number of imidazole rings is 1. The molecule has 1 atom stereocenters. The summed E-state index contributed by atoms with van der Waals surface area (Å²) in [5, 5.41) is 19.1. The van der Waals surface area contributed by atoms with Crippen LogP contribution >= 0.6 is 0 Å². The summed E-state index contributed by atoms with van der Waals surface area (Å²) in [6.45, 7) is 2.06. The molecule has 3 rings (SSSR count). The van der Waals surface area contributed by atoms with Crippen molar-refractivity contribution >= 4 is 11.6 Å². The van der Waals surface area contributed by atoms with Gasteiger partial charge in [0.1, 0.15) is 0 Å². The van der Waals surface area contributed by atoms with Crippen molar-refractivity contribution < 1.29 is 10.2 Å². The number of aliphatic hydroxyl groups is 2. The van der Waals surface area contributed by atoms with Gasteiger partial charge in [-0.15, -0.1) is 0 Å². The van der Waals surface area contributed by atoms with E-state index in [2.05, 4.69) is 23.2 Å². The van der Waals surface area contributed by atoms with Gasteiger partial charge in [-0.25, -0.2) is 4.98 Å². The molecule has 0 radical (unpaired) electrons. The van der Waals surface area contributed by atoms with Gasteiger partial charge in [0.25, 0.3) is 0 Å². The first kappa shape index (κ1) is 17.1. The Morgan fingerprint density at radius 1 is 1.08 bits per heavy atom. The van der Waals surface area contributed by atoms with E-state index in [-0.39, 0.29) is 6.61 Å². The molecule has 0 aliphatic rings. The molecule has 0 aliphatic carbocycles. The number of aliphatic hydroxyl groups excluding tert-OH is 2. The molecule has 128 valence electrons. The standard InChI is InChI=1S/C21H22N2O2/c1-16(12-17-8-4-2-5-9-17)21-20(18-10-6-3-7-11-18)22-15-23(21)13-19(25)14-24/h2-12,15,19,24-25H,13-14H2,1H3. The molecule has 4 nitrogen and oxygen atoms in total. The SMILES string of the molecule is CC(=Cc1ccccc1)c1c(-c2ccccc2)ncn1CC(O)CO. The molecule has 25 heavy (non-hydrogen) atoms. The second-order valence-electron chi connectivity index (χ2n) is 6.03. The molecular formula is C21H22N2O2. The van der Waals surface area contributed by atoms with Gasteiger partial charge in [-0.3, -0.25) is 0 Å². The minimum absolute atomic E-state index is 0.278. The Bertz CT molecular complexity index is 839. The third-order valence-electron chi connectivity index (χ3n) is 4.06. The summed E-state index contributed by atoms with van der Waals surface area (Å²) >= 11 is 0. The van der Waals surface area contributed by atoms with Crippen molar-refractivity contribution in [3.05, 3.63) is 78.2 Å². The highest BCUT2D eigenvalue weighted by Gasteiger charge is 2.16. The first-order valence-corrected chi connectivity index (χ1v) is 8.32. The van der Waals surface area contributed by atoms with Crippen molar-refractivity contribution in [3.8, 4) is 11.3 Å². The molecule has 0 spiro atoms. The summed E-state index contributed by atoms with van der Waals surface area (Å²) in [7, 11) is 0. The van der Waals surface area contributed by atoms with E-state index in [0.29, 0.717) is 6.54 Å². The fourth-order valence-electron chi connectivity index (χ4n) is 2.89. The second-order valence-corrected chi connectivity index (χ2v) is 6.03. The third kappa shape index (κ3) is 4.05. The lowest BCUT2D eigenvalue weighted by molar-refractivity contribution is 0.0810. The third-order valence-corrected chi connectivity index (χ3v) is 4.06. The molecule has 0 saturated carbocycles. The number of allylic oxidation sites excluding steroid dienone is 1. The van der Waals surface area contributed by atoms with Crippen LogP contribution in [0.4, 0.5) is 0 Å². The van der Waals surface area contributed by atoms with E-state index < -0.39 is 6.10 Å². The number of nitrogens with zero attached hydrogens (tertiary/aromatic N) is 2. The largest absolute Gasteiger partial charge is 0.394 e. The molecule has 0 amide bonds. The monoisotopic (exact) mass is 334 g/mol. The Kier molecular flexibility index (Phi) is 5.43. The zero-order valence-electron chi connectivity index (χ0n) is 14.2. The van der Waals surface area contributed by atoms with Gasteiger partial charge in [-0.2, -0.15) is 0 Å². The molecule has 0 saturated heterocycles. The van der Waals surface area contributed by atoms with Crippen LogP contribution < -0.4 is 0 Å². The molecule has 2 N–H and O–H groups in total. The summed E-state index contributed by atoms with van der Waals surface area (Å²) in [6, 6.07) is 20.1. The molecule has 1 unspecified atom stereocenters. The van der Waals surface area contributed by atoms with Crippen LogP contribution in [0.1, 0.15) is 18.2 Å². The highest BCUT2D eigenvalue weighted by molar-refractivity contribution is 5.85. The van der Waals surface area contributed by atoms with E-state index in [1.54, 1.807) is 6.33 Å². The van der Waals surface area contributed by atoms with Gasteiger partial charge >= 0.3 is 0 Å². The van der Waals surface area contributed by atoms with Crippen molar-refractivity contribution in [3.63, 3.8) is 0 Å².